The van der Waals surface area contributed by atoms with Gasteiger partial charge in [-0.15, -0.1) is 10.2 Å². The summed E-state index contributed by atoms with van der Waals surface area (Å²) in [5, 5.41) is 26.9. The number of phenolic OH excluding ortho intramolecular Hbond substituents is 1. The van der Waals surface area contributed by atoms with E-state index in [0.29, 0.717) is 0 Å². The first kappa shape index (κ1) is 47.0. The largest absolute Gasteiger partial charge is 0.505 e. The molecule has 0 fully saturated rings. The lowest BCUT2D eigenvalue weighted by Crippen LogP contribution is -2.15. The van der Waals surface area contributed by atoms with E-state index in [2.05, 4.69) is 45.3 Å². The van der Waals surface area contributed by atoms with Gasteiger partial charge in [-0.1, -0.05) is 12.1 Å². The fourth-order valence-electron chi connectivity index (χ4n) is 5.54. The summed E-state index contributed by atoms with van der Waals surface area (Å²) >= 11 is 0. The van der Waals surface area contributed by atoms with E-state index in [-0.39, 0.29) is 56.3 Å². The third kappa shape index (κ3) is 11.7. The van der Waals surface area contributed by atoms with Crippen LogP contribution in [0.5, 0.6) is 11.5 Å². The lowest BCUT2D eigenvalue weighted by atomic mass is 10.1. The highest BCUT2D eigenvalue weighted by Crippen LogP contribution is 2.43. The van der Waals surface area contributed by atoms with Gasteiger partial charge in [-0.2, -0.15) is 48.6 Å². The van der Waals surface area contributed by atoms with Crippen molar-refractivity contribution in [1.29, 1.82) is 0 Å². The molecule has 0 unspecified atom stereocenters. The lowest BCUT2D eigenvalue weighted by Gasteiger charge is -2.14. The molecule has 8 N–H and O–H groups in total. The summed E-state index contributed by atoms with van der Waals surface area (Å²) in [5.41, 5.74) is -1.06. The average Bonchev–Trinajstić information content (AvgIpc) is 3.19. The van der Waals surface area contributed by atoms with Gasteiger partial charge in [0, 0.05) is 28.5 Å². The second kappa shape index (κ2) is 17.9. The van der Waals surface area contributed by atoms with E-state index in [4.69, 9.17) is 9.29 Å². The number of sulfone groups is 1. The molecule has 0 atom stereocenters. The van der Waals surface area contributed by atoms with Crippen LogP contribution >= 0.6 is 0 Å². The first-order chi connectivity index (χ1) is 29.8. The lowest BCUT2D eigenvalue weighted by molar-refractivity contribution is 0.284. The third-order valence-electron chi connectivity index (χ3n) is 8.34. The number of hydrogen-bond donors (Lipinski definition) is 8. The molecule has 0 bridgehead atoms. The molecule has 30 heteroatoms. The highest BCUT2D eigenvalue weighted by molar-refractivity contribution is 7.91. The number of rotatable bonds is 17. The second-order valence-electron chi connectivity index (χ2n) is 12.8. The molecule has 1 aromatic heterocycles. The minimum atomic E-state index is -5.18. The predicted molar refractivity (Wildman–Crippen MR) is 224 cm³/mol. The Morgan fingerprint density at radius 2 is 1.14 bits per heavy atom. The van der Waals surface area contributed by atoms with Crippen LogP contribution in [-0.2, 0) is 54.8 Å². The van der Waals surface area contributed by atoms with Crippen LogP contribution in [0.1, 0.15) is 0 Å². The van der Waals surface area contributed by atoms with E-state index in [0.717, 1.165) is 36.4 Å². The summed E-state index contributed by atoms with van der Waals surface area (Å²) in [6.45, 7) is -0.891. The van der Waals surface area contributed by atoms with Crippen molar-refractivity contribution in [3.8, 4) is 11.5 Å². The summed E-state index contributed by atoms with van der Waals surface area (Å²) in [6, 6.07) is 18.0. The summed E-state index contributed by atoms with van der Waals surface area (Å²) in [5.74, 6) is -2.47. The molecular weight excluding hydrogens is 953 g/mol. The predicted octanol–water partition coefficient (Wildman–Crippen LogP) is 4.72. The van der Waals surface area contributed by atoms with Gasteiger partial charge in [0.15, 0.2) is 15.6 Å². The van der Waals surface area contributed by atoms with Crippen molar-refractivity contribution in [3.63, 3.8) is 0 Å². The van der Waals surface area contributed by atoms with Gasteiger partial charge in [-0.3, -0.25) is 18.2 Å². The van der Waals surface area contributed by atoms with Crippen LogP contribution in [0.4, 0.5) is 46.3 Å². The molecule has 0 aliphatic carbocycles. The Bertz CT molecular complexity index is 3430. The number of aromatic nitrogens is 3. The molecule has 338 valence electrons. The Morgan fingerprint density at radius 3 is 1.67 bits per heavy atom. The fraction of sp³-hybridized carbons (Fsp3) is 0.0882. The summed E-state index contributed by atoms with van der Waals surface area (Å²) in [4.78, 5) is 10.3. The zero-order chi connectivity index (χ0) is 46.8. The van der Waals surface area contributed by atoms with E-state index in [9.17, 15) is 60.9 Å². The van der Waals surface area contributed by atoms with Gasteiger partial charge in [0.1, 0.15) is 26.9 Å². The minimum absolute atomic E-state index is 0.00972. The van der Waals surface area contributed by atoms with Crippen molar-refractivity contribution in [2.45, 2.75) is 19.6 Å². The van der Waals surface area contributed by atoms with Crippen LogP contribution in [0.3, 0.4) is 0 Å². The van der Waals surface area contributed by atoms with Gasteiger partial charge in [0.2, 0.25) is 17.8 Å². The number of hydrogen-bond acceptors (Lipinski definition) is 21. The topological polar surface area (TPSA) is 390 Å². The number of benzene rings is 5. The molecule has 6 rings (SSSR count). The third-order valence-corrected chi connectivity index (χ3v) is 13.1. The molecule has 0 saturated carbocycles. The molecule has 25 nitrogen and oxygen atoms in total. The number of nitrogens with zero attached hydrogens (tertiary/aromatic N) is 5. The molecule has 0 aliphatic rings. The van der Waals surface area contributed by atoms with Crippen LogP contribution in [0.25, 0.3) is 10.8 Å². The second-order valence-corrected chi connectivity index (χ2v) is 20.2. The molecule has 0 amide bonds. The first-order valence-electron chi connectivity index (χ1n) is 17.2. The normalized spacial score (nSPS) is 12.6. The number of anilines is 6. The van der Waals surface area contributed by atoms with E-state index in [1.54, 1.807) is 0 Å². The maximum Gasteiger partial charge on any atom is 0.397 e. The van der Waals surface area contributed by atoms with Crippen molar-refractivity contribution in [3.05, 3.63) is 91.0 Å². The molecule has 1 heterocycles. The van der Waals surface area contributed by atoms with E-state index >= 15 is 0 Å². The van der Waals surface area contributed by atoms with Gasteiger partial charge >= 0.3 is 10.4 Å². The molecule has 64 heavy (non-hydrogen) atoms. The van der Waals surface area contributed by atoms with Gasteiger partial charge in [0.05, 0.1) is 29.3 Å². The van der Waals surface area contributed by atoms with Crippen molar-refractivity contribution in [2.75, 3.05) is 35.4 Å². The van der Waals surface area contributed by atoms with Crippen molar-refractivity contribution < 1.29 is 74.3 Å². The monoisotopic (exact) mass is 982 g/mol. The highest BCUT2D eigenvalue weighted by Gasteiger charge is 2.24. The smallest absolute Gasteiger partial charge is 0.397 e. The first-order valence-corrected chi connectivity index (χ1v) is 24.6. The maximum absolute atomic E-state index is 12.9. The number of nitrogens with one attached hydrogen (secondary N) is 3. The van der Waals surface area contributed by atoms with E-state index < -0.39 is 94.8 Å². The summed E-state index contributed by atoms with van der Waals surface area (Å²) in [6.07, 6.45) is 0. The Hall–Kier alpha value is -6.48. The molecule has 0 radical (unpaired) electrons. The molecule has 6 aromatic rings. The number of ether oxygens (including phenoxy) is 1. The Morgan fingerprint density at radius 1 is 0.594 bits per heavy atom. The van der Waals surface area contributed by atoms with E-state index in [1.807, 2.05) is 0 Å². The molecular formula is C34H30N8O17S5. The van der Waals surface area contributed by atoms with Gasteiger partial charge < -0.3 is 25.8 Å². The molecule has 0 saturated heterocycles. The highest BCUT2D eigenvalue weighted by atomic mass is 32.3. The number of azo groups is 1. The van der Waals surface area contributed by atoms with Crippen LogP contribution in [-0.4, -0.2) is 99.8 Å². The minimum Gasteiger partial charge on any atom is -0.505 e. The molecule has 5 aromatic carbocycles. The maximum atomic E-state index is 12.9. The average molecular weight is 983 g/mol. The molecule has 0 aliphatic heterocycles. The van der Waals surface area contributed by atoms with Crippen LogP contribution in [0.2, 0.25) is 0 Å². The van der Waals surface area contributed by atoms with Gasteiger partial charge in [0.25, 0.3) is 30.4 Å². The molecule has 0 spiro atoms. The SMILES string of the molecule is COc1ccc(N=Nc2c(S(=O)(=O)O)cc3cc(Nc4nc(Nc5cccc(S(=O)(=O)O)c5)nc(Nc5cccc(S(=O)(=O)CCOS(=O)(=O)O)c5)n4)ccc3c2O)c(S(=O)(=O)O)c1. The van der Waals surface area contributed by atoms with Crippen LogP contribution in [0.15, 0.2) is 121 Å². The van der Waals surface area contributed by atoms with Crippen molar-refractivity contribution in [2.24, 2.45) is 10.2 Å². The van der Waals surface area contributed by atoms with Crippen molar-refractivity contribution in [1.82, 2.24) is 15.0 Å². The van der Waals surface area contributed by atoms with Crippen LogP contribution in [0, 0.1) is 0 Å². The number of fused-ring (bicyclic) bond motifs is 1. The quantitative estimate of drug-likeness (QED) is 0.0452. The van der Waals surface area contributed by atoms with Crippen molar-refractivity contribution >= 4 is 108 Å². The van der Waals surface area contributed by atoms with Gasteiger partial charge in [-0.25, -0.2) is 12.6 Å². The fourth-order valence-corrected chi connectivity index (χ4v) is 8.89. The van der Waals surface area contributed by atoms with Gasteiger partial charge in [-0.05, 0) is 78.2 Å². The number of methoxy groups -OCH3 is 1. The standard InChI is InChI=1S/C34H30N8O17S5/c1-58-23-9-11-27(28(18-23)62(49,50)51)41-42-30-29(63(52,53)54)15-19-14-22(8-10-26(19)31(30)43)37-34-39-32(38-33(40-34)36-21-5-3-7-25(17-21)61(46,47)48)35-20-4-2-6-24(16-20)60(44,45)13-12-59-64(55,56)57/h2-11,14-18,43H,12-13H2,1H3,(H,46,47,48)(H,49,50,51)(H,52,53,54)(H,55,56,57)(H3,35,36,37,38,39,40). The zero-order valence-electron chi connectivity index (χ0n) is 32.0. The number of phenols is 1. The zero-order valence-corrected chi connectivity index (χ0v) is 36.1. The number of aromatic hydroxyl groups is 1. The Kier molecular flexibility index (Phi) is 13.2. The summed E-state index contributed by atoms with van der Waals surface area (Å²) in [7, 11) is -22.6. The Balaban J connectivity index is 1.38. The summed E-state index contributed by atoms with van der Waals surface area (Å²) < 4.78 is 168. The van der Waals surface area contributed by atoms with Crippen LogP contribution < -0.4 is 20.7 Å². The Labute approximate surface area is 363 Å². The van der Waals surface area contributed by atoms with E-state index in [1.165, 1.54) is 61.7 Å².